The Morgan fingerprint density at radius 2 is 2.08 bits per heavy atom. The van der Waals surface area contributed by atoms with Crippen LogP contribution in [0, 0.1) is 5.92 Å². The molecule has 0 bridgehead atoms. The molecular weight excluding hydrogens is 148 g/mol. The van der Waals surface area contributed by atoms with Crippen molar-refractivity contribution in [3.05, 3.63) is 23.4 Å². The summed E-state index contributed by atoms with van der Waals surface area (Å²) in [5, 5.41) is 8.35. The van der Waals surface area contributed by atoms with Crippen molar-refractivity contribution in [2.45, 2.75) is 33.7 Å². The highest BCUT2D eigenvalue weighted by Gasteiger charge is 2.06. The molecular formula is C10H16N2. The van der Waals surface area contributed by atoms with E-state index in [9.17, 15) is 0 Å². The minimum atomic E-state index is 0.220. The summed E-state index contributed by atoms with van der Waals surface area (Å²) in [6.07, 6.45) is 4.23. The van der Waals surface area contributed by atoms with E-state index < -0.39 is 0 Å². The van der Waals surface area contributed by atoms with Crippen molar-refractivity contribution in [2.75, 3.05) is 0 Å². The van der Waals surface area contributed by atoms with Crippen LogP contribution < -0.4 is 0 Å². The van der Waals surface area contributed by atoms with Crippen LogP contribution >= 0.6 is 0 Å². The zero-order chi connectivity index (χ0) is 9.14. The second kappa shape index (κ2) is 3.65. The molecule has 0 fully saturated rings. The fourth-order valence-electron chi connectivity index (χ4n) is 1.16. The molecule has 2 nitrogen and oxygen atoms in total. The molecule has 0 aromatic carbocycles. The van der Waals surface area contributed by atoms with Gasteiger partial charge >= 0.3 is 0 Å². The van der Waals surface area contributed by atoms with Gasteiger partial charge < -0.3 is 0 Å². The number of hydrogen-bond donors (Lipinski definition) is 0. The summed E-state index contributed by atoms with van der Waals surface area (Å²) in [7, 11) is 0. The van der Waals surface area contributed by atoms with E-state index in [1.165, 1.54) is 5.57 Å². The summed E-state index contributed by atoms with van der Waals surface area (Å²) in [4.78, 5) is 0. The van der Waals surface area contributed by atoms with Crippen molar-refractivity contribution in [1.29, 1.82) is 0 Å². The molecule has 0 saturated heterocycles. The molecule has 0 aromatic heterocycles. The van der Waals surface area contributed by atoms with Crippen LogP contribution in [0.15, 0.2) is 33.7 Å². The largest absolute Gasteiger partial charge is 0.182 e. The summed E-state index contributed by atoms with van der Waals surface area (Å²) in [5.74, 6) is 0.461. The van der Waals surface area contributed by atoms with E-state index in [4.69, 9.17) is 0 Å². The summed E-state index contributed by atoms with van der Waals surface area (Å²) in [5.41, 5.74) is 2.34. The van der Waals surface area contributed by atoms with Gasteiger partial charge in [-0.25, -0.2) is 0 Å². The first-order chi connectivity index (χ1) is 5.59. The Morgan fingerprint density at radius 3 is 2.67 bits per heavy atom. The van der Waals surface area contributed by atoms with Crippen molar-refractivity contribution < 1.29 is 0 Å². The smallest absolute Gasteiger partial charge is 0.0870 e. The third-order valence-corrected chi connectivity index (χ3v) is 1.83. The van der Waals surface area contributed by atoms with Crippen LogP contribution in [-0.4, -0.2) is 6.04 Å². The maximum atomic E-state index is 4.19. The van der Waals surface area contributed by atoms with Gasteiger partial charge in [-0.1, -0.05) is 25.5 Å². The predicted molar refractivity (Wildman–Crippen MR) is 51.0 cm³/mol. The van der Waals surface area contributed by atoms with E-state index >= 15 is 0 Å². The zero-order valence-electron chi connectivity index (χ0n) is 8.20. The molecule has 0 N–H and O–H groups in total. The van der Waals surface area contributed by atoms with Crippen molar-refractivity contribution >= 4 is 0 Å². The fraction of sp³-hybridized carbons (Fsp3) is 0.600. The second-order valence-electron chi connectivity index (χ2n) is 3.59. The molecule has 1 unspecified atom stereocenters. The van der Waals surface area contributed by atoms with Gasteiger partial charge in [0.15, 0.2) is 0 Å². The number of nitrogens with zero attached hydrogens (tertiary/aromatic N) is 2. The summed E-state index contributed by atoms with van der Waals surface area (Å²) in [6, 6.07) is 0.220. The van der Waals surface area contributed by atoms with Crippen molar-refractivity contribution in [3.63, 3.8) is 0 Å². The molecule has 0 saturated carbocycles. The van der Waals surface area contributed by atoms with Crippen molar-refractivity contribution in [2.24, 2.45) is 16.1 Å². The van der Waals surface area contributed by atoms with Gasteiger partial charge in [-0.2, -0.15) is 10.2 Å². The Morgan fingerprint density at radius 1 is 1.42 bits per heavy atom. The first kappa shape index (κ1) is 9.17. The maximum absolute atomic E-state index is 4.19. The third-order valence-electron chi connectivity index (χ3n) is 1.83. The lowest BCUT2D eigenvalue weighted by Crippen LogP contribution is -1.90. The van der Waals surface area contributed by atoms with Gasteiger partial charge in [0.2, 0.25) is 0 Å². The Kier molecular flexibility index (Phi) is 2.79. The highest BCUT2D eigenvalue weighted by molar-refractivity contribution is 5.24. The molecule has 66 valence electrons. The summed E-state index contributed by atoms with van der Waals surface area (Å²) >= 11 is 0. The number of hydrogen-bond acceptors (Lipinski definition) is 2. The first-order valence-electron chi connectivity index (χ1n) is 4.40. The molecule has 1 heterocycles. The molecule has 12 heavy (non-hydrogen) atoms. The van der Waals surface area contributed by atoms with Gasteiger partial charge in [0.1, 0.15) is 0 Å². The van der Waals surface area contributed by atoms with Crippen LogP contribution in [-0.2, 0) is 0 Å². The fourth-order valence-corrected chi connectivity index (χ4v) is 1.16. The molecule has 0 radical (unpaired) electrons. The Balaban J connectivity index is 2.91. The van der Waals surface area contributed by atoms with E-state index in [1.54, 1.807) is 0 Å². The van der Waals surface area contributed by atoms with Gasteiger partial charge in [-0.05, 0) is 25.8 Å². The minimum Gasteiger partial charge on any atom is -0.182 e. The Hall–Kier alpha value is -0.920. The van der Waals surface area contributed by atoms with Gasteiger partial charge in [0.25, 0.3) is 0 Å². The standard InChI is InChI=1S/C10H16N2/c1-7(2)10-6-8(3)5-9(4)11-12-10/h5-7,9H,1-4H3. The molecule has 0 aromatic rings. The molecule has 1 aliphatic rings. The van der Waals surface area contributed by atoms with Crippen molar-refractivity contribution in [1.82, 2.24) is 0 Å². The van der Waals surface area contributed by atoms with Gasteiger partial charge in [0.05, 0.1) is 11.7 Å². The molecule has 0 amide bonds. The van der Waals surface area contributed by atoms with Crippen LogP contribution in [0.2, 0.25) is 0 Å². The van der Waals surface area contributed by atoms with E-state index in [0.29, 0.717) is 5.92 Å². The number of azo groups is 1. The average Bonchev–Trinajstić information content (AvgIpc) is 2.11. The van der Waals surface area contributed by atoms with Crippen LogP contribution in [0.1, 0.15) is 27.7 Å². The van der Waals surface area contributed by atoms with Crippen LogP contribution in [0.3, 0.4) is 0 Å². The Bertz CT molecular complexity index is 247. The van der Waals surface area contributed by atoms with Gasteiger partial charge in [-0.15, -0.1) is 0 Å². The van der Waals surface area contributed by atoms with Gasteiger partial charge in [-0.3, -0.25) is 0 Å². The van der Waals surface area contributed by atoms with Gasteiger partial charge in [0, 0.05) is 0 Å². The quantitative estimate of drug-likeness (QED) is 0.568. The van der Waals surface area contributed by atoms with E-state index in [1.807, 2.05) is 6.92 Å². The van der Waals surface area contributed by atoms with E-state index in [2.05, 4.69) is 43.2 Å². The second-order valence-corrected chi connectivity index (χ2v) is 3.59. The monoisotopic (exact) mass is 164 g/mol. The average molecular weight is 164 g/mol. The molecule has 1 aliphatic heterocycles. The SMILES string of the molecule is CC1=CC(C)N=NC(C(C)C)=C1. The van der Waals surface area contributed by atoms with E-state index in [-0.39, 0.29) is 6.04 Å². The molecule has 0 aliphatic carbocycles. The first-order valence-corrected chi connectivity index (χ1v) is 4.40. The summed E-state index contributed by atoms with van der Waals surface area (Å²) < 4.78 is 0. The summed E-state index contributed by atoms with van der Waals surface area (Å²) in [6.45, 7) is 8.40. The van der Waals surface area contributed by atoms with E-state index in [0.717, 1.165) is 5.70 Å². The highest BCUT2D eigenvalue weighted by Crippen LogP contribution is 2.18. The lowest BCUT2D eigenvalue weighted by atomic mass is 10.1. The highest BCUT2D eigenvalue weighted by atomic mass is 15.1. The lowest BCUT2D eigenvalue weighted by Gasteiger charge is -2.02. The van der Waals surface area contributed by atoms with Crippen LogP contribution in [0.5, 0.6) is 0 Å². The molecule has 1 atom stereocenters. The number of allylic oxidation sites excluding steroid dienone is 3. The molecule has 2 heteroatoms. The lowest BCUT2D eigenvalue weighted by molar-refractivity contribution is 0.720. The zero-order valence-corrected chi connectivity index (χ0v) is 8.20. The maximum Gasteiger partial charge on any atom is 0.0870 e. The Labute approximate surface area is 74.1 Å². The minimum absolute atomic E-state index is 0.220. The van der Waals surface area contributed by atoms with Crippen LogP contribution in [0.25, 0.3) is 0 Å². The van der Waals surface area contributed by atoms with Crippen LogP contribution in [0.4, 0.5) is 0 Å². The third kappa shape index (κ3) is 2.29. The molecule has 1 rings (SSSR count). The number of rotatable bonds is 1. The molecule has 0 spiro atoms. The topological polar surface area (TPSA) is 24.7 Å². The normalized spacial score (nSPS) is 23.6. The van der Waals surface area contributed by atoms with Crippen molar-refractivity contribution in [3.8, 4) is 0 Å². The predicted octanol–water partition coefficient (Wildman–Crippen LogP) is 3.33.